The molecule has 1 aromatic carbocycles. The number of ether oxygens (including phenoxy) is 1. The van der Waals surface area contributed by atoms with E-state index in [0.717, 1.165) is 29.6 Å². The third-order valence-electron chi connectivity index (χ3n) is 1.93. The molecule has 0 N–H and O–H groups in total. The Kier molecular flexibility index (Phi) is 5.77. The molecule has 3 heteroatoms. The van der Waals surface area contributed by atoms with Crippen LogP contribution in [-0.4, -0.2) is 19.8 Å². The van der Waals surface area contributed by atoms with Crippen LogP contribution in [0, 0.1) is 0 Å². The second kappa shape index (κ2) is 6.94. The molecule has 0 aliphatic carbocycles. The van der Waals surface area contributed by atoms with E-state index in [2.05, 4.69) is 15.9 Å². The van der Waals surface area contributed by atoms with Crippen molar-refractivity contribution in [2.45, 2.75) is 19.3 Å². The van der Waals surface area contributed by atoms with Crippen molar-refractivity contribution in [3.8, 4) is 5.75 Å². The summed E-state index contributed by atoms with van der Waals surface area (Å²) in [5.74, 6) is 0.901. The van der Waals surface area contributed by atoms with E-state index in [9.17, 15) is 0 Å². The summed E-state index contributed by atoms with van der Waals surface area (Å²) in [6.45, 7) is 0.789. The van der Waals surface area contributed by atoms with Gasteiger partial charge in [-0.05, 0) is 31.4 Å². The smallest absolute Gasteiger partial charge is 0.119 e. The Labute approximate surface area is 95.4 Å². The molecular formula is C11H14BBrO. The molecule has 0 fully saturated rings. The lowest BCUT2D eigenvalue weighted by Crippen LogP contribution is -2.02. The minimum Gasteiger partial charge on any atom is -0.494 e. The number of hydrogen-bond donors (Lipinski definition) is 0. The van der Waals surface area contributed by atoms with Gasteiger partial charge < -0.3 is 4.74 Å². The van der Waals surface area contributed by atoms with Gasteiger partial charge in [-0.25, -0.2) is 0 Å². The Morgan fingerprint density at radius 3 is 2.43 bits per heavy atom. The molecule has 1 aromatic rings. The molecule has 0 saturated heterocycles. The minimum atomic E-state index is 0.775. The van der Waals surface area contributed by atoms with Crippen molar-refractivity contribution in [1.82, 2.24) is 0 Å². The lowest BCUT2D eigenvalue weighted by molar-refractivity contribution is 0.306. The van der Waals surface area contributed by atoms with Crippen LogP contribution in [0.2, 0.25) is 0 Å². The summed E-state index contributed by atoms with van der Waals surface area (Å²) in [7, 11) is 5.56. The van der Waals surface area contributed by atoms with Gasteiger partial charge in [-0.2, -0.15) is 0 Å². The topological polar surface area (TPSA) is 9.23 Å². The van der Waals surface area contributed by atoms with Crippen LogP contribution < -0.4 is 10.2 Å². The highest BCUT2D eigenvalue weighted by molar-refractivity contribution is 9.09. The van der Waals surface area contributed by atoms with E-state index < -0.39 is 0 Å². The normalized spacial score (nSPS) is 10.1. The second-order valence-electron chi connectivity index (χ2n) is 3.17. The van der Waals surface area contributed by atoms with E-state index in [4.69, 9.17) is 12.6 Å². The van der Waals surface area contributed by atoms with Gasteiger partial charge in [0.15, 0.2) is 0 Å². The number of benzene rings is 1. The molecule has 0 saturated carbocycles. The lowest BCUT2D eigenvalue weighted by atomic mass is 9.97. The molecule has 0 bridgehead atoms. The van der Waals surface area contributed by atoms with Gasteiger partial charge in [0.1, 0.15) is 13.6 Å². The predicted molar refractivity (Wildman–Crippen MR) is 65.0 cm³/mol. The van der Waals surface area contributed by atoms with Crippen LogP contribution >= 0.6 is 15.9 Å². The SMILES string of the molecule is [B]c1ccc(OCCCCCBr)cc1. The Morgan fingerprint density at radius 2 is 1.79 bits per heavy atom. The second-order valence-corrected chi connectivity index (χ2v) is 3.96. The Morgan fingerprint density at radius 1 is 1.07 bits per heavy atom. The largest absolute Gasteiger partial charge is 0.494 e. The van der Waals surface area contributed by atoms with Crippen LogP contribution in [0.5, 0.6) is 5.75 Å². The van der Waals surface area contributed by atoms with Crippen molar-refractivity contribution >= 4 is 29.2 Å². The number of hydrogen-bond acceptors (Lipinski definition) is 1. The summed E-state index contributed by atoms with van der Waals surface area (Å²) in [5.41, 5.74) is 0.775. The van der Waals surface area contributed by atoms with Gasteiger partial charge in [0.2, 0.25) is 0 Å². The number of halogens is 1. The maximum Gasteiger partial charge on any atom is 0.119 e. The van der Waals surface area contributed by atoms with Gasteiger partial charge in [0, 0.05) is 5.33 Å². The standard InChI is InChI=1S/C11H14BBrO/c12-10-4-6-11(7-5-10)14-9-3-1-2-8-13/h4-7H,1-3,8-9H2. The van der Waals surface area contributed by atoms with Crippen LogP contribution in [0.4, 0.5) is 0 Å². The van der Waals surface area contributed by atoms with E-state index in [1.807, 2.05) is 24.3 Å². The first-order valence-corrected chi connectivity index (χ1v) is 5.99. The van der Waals surface area contributed by atoms with Crippen LogP contribution in [0.15, 0.2) is 24.3 Å². The average Bonchev–Trinajstić information content (AvgIpc) is 2.21. The Balaban J connectivity index is 2.15. The summed E-state index contributed by atoms with van der Waals surface area (Å²) in [6, 6.07) is 7.52. The van der Waals surface area contributed by atoms with Crippen LogP contribution in [0.25, 0.3) is 0 Å². The summed E-state index contributed by atoms with van der Waals surface area (Å²) >= 11 is 3.40. The highest BCUT2D eigenvalue weighted by Crippen LogP contribution is 2.08. The lowest BCUT2D eigenvalue weighted by Gasteiger charge is -2.05. The molecule has 0 aliphatic rings. The van der Waals surface area contributed by atoms with Crippen LogP contribution in [-0.2, 0) is 0 Å². The maximum atomic E-state index is 5.56. The van der Waals surface area contributed by atoms with Crippen molar-refractivity contribution < 1.29 is 4.74 Å². The highest BCUT2D eigenvalue weighted by Gasteiger charge is 1.92. The fourth-order valence-electron chi connectivity index (χ4n) is 1.13. The molecule has 0 unspecified atom stereocenters. The summed E-state index contributed by atoms with van der Waals surface area (Å²) in [4.78, 5) is 0. The zero-order valence-electron chi connectivity index (χ0n) is 8.21. The third-order valence-corrected chi connectivity index (χ3v) is 2.49. The van der Waals surface area contributed by atoms with Gasteiger partial charge in [-0.15, -0.1) is 0 Å². The van der Waals surface area contributed by atoms with Crippen LogP contribution in [0.1, 0.15) is 19.3 Å². The average molecular weight is 253 g/mol. The molecule has 0 aliphatic heterocycles. The first-order valence-electron chi connectivity index (χ1n) is 4.87. The first-order chi connectivity index (χ1) is 6.83. The van der Waals surface area contributed by atoms with Crippen molar-refractivity contribution in [3.63, 3.8) is 0 Å². The van der Waals surface area contributed by atoms with Crippen LogP contribution in [0.3, 0.4) is 0 Å². The number of alkyl halides is 1. The van der Waals surface area contributed by atoms with E-state index >= 15 is 0 Å². The fourth-order valence-corrected chi connectivity index (χ4v) is 1.52. The molecule has 14 heavy (non-hydrogen) atoms. The molecule has 0 amide bonds. The maximum absolute atomic E-state index is 5.56. The molecule has 2 radical (unpaired) electrons. The van der Waals surface area contributed by atoms with Crippen molar-refractivity contribution in [3.05, 3.63) is 24.3 Å². The highest BCUT2D eigenvalue weighted by atomic mass is 79.9. The fraction of sp³-hybridized carbons (Fsp3) is 0.455. The molecular weight excluding hydrogens is 239 g/mol. The van der Waals surface area contributed by atoms with E-state index in [1.54, 1.807) is 0 Å². The van der Waals surface area contributed by atoms with Gasteiger partial charge in [-0.1, -0.05) is 33.5 Å². The Hall–Kier alpha value is -0.435. The van der Waals surface area contributed by atoms with Crippen molar-refractivity contribution in [2.24, 2.45) is 0 Å². The van der Waals surface area contributed by atoms with Gasteiger partial charge in [-0.3, -0.25) is 0 Å². The van der Waals surface area contributed by atoms with E-state index in [1.165, 1.54) is 12.8 Å². The zero-order chi connectivity index (χ0) is 10.2. The molecule has 1 nitrogen and oxygen atoms in total. The Bertz CT molecular complexity index is 248. The molecule has 1 rings (SSSR count). The molecule has 0 atom stereocenters. The molecule has 0 spiro atoms. The zero-order valence-corrected chi connectivity index (χ0v) is 9.79. The first kappa shape index (κ1) is 11.6. The number of rotatable bonds is 6. The predicted octanol–water partition coefficient (Wildman–Crippen LogP) is 2.42. The third kappa shape index (κ3) is 4.70. The quantitative estimate of drug-likeness (QED) is 0.429. The summed E-state index contributed by atoms with van der Waals surface area (Å²) in [5, 5.41) is 1.08. The van der Waals surface area contributed by atoms with Gasteiger partial charge in [0.05, 0.1) is 6.61 Å². The van der Waals surface area contributed by atoms with Crippen molar-refractivity contribution in [1.29, 1.82) is 0 Å². The summed E-state index contributed by atoms with van der Waals surface area (Å²) < 4.78 is 5.54. The molecule has 0 heterocycles. The minimum absolute atomic E-state index is 0.775. The van der Waals surface area contributed by atoms with E-state index in [0.29, 0.717) is 0 Å². The molecule has 0 aromatic heterocycles. The van der Waals surface area contributed by atoms with E-state index in [-0.39, 0.29) is 0 Å². The van der Waals surface area contributed by atoms with Crippen molar-refractivity contribution in [2.75, 3.05) is 11.9 Å². The van der Waals surface area contributed by atoms with Gasteiger partial charge in [0.25, 0.3) is 0 Å². The monoisotopic (exact) mass is 252 g/mol. The summed E-state index contributed by atoms with van der Waals surface area (Å²) in [6.07, 6.45) is 3.53. The molecule has 74 valence electrons. The van der Waals surface area contributed by atoms with Gasteiger partial charge >= 0.3 is 0 Å². The number of unbranched alkanes of at least 4 members (excludes halogenated alkanes) is 2.